The highest BCUT2D eigenvalue weighted by molar-refractivity contribution is 5.97. The lowest BCUT2D eigenvalue weighted by atomic mass is 10.1. The normalized spacial score (nSPS) is 11.4. The number of benzene rings is 2. The number of amides is 1. The monoisotopic (exact) mass is 293 g/mol. The summed E-state index contributed by atoms with van der Waals surface area (Å²) in [7, 11) is 0. The molecule has 2 aromatic rings. The van der Waals surface area contributed by atoms with Gasteiger partial charge in [0.1, 0.15) is 12.1 Å². The minimum atomic E-state index is -0.409. The lowest BCUT2D eigenvalue weighted by Gasteiger charge is -2.16. The molecule has 0 bridgehead atoms. The van der Waals surface area contributed by atoms with Crippen molar-refractivity contribution < 1.29 is 4.79 Å². The number of para-hydroxylation sites is 1. The zero-order valence-electron chi connectivity index (χ0n) is 13.0. The molecule has 0 aliphatic carbocycles. The summed E-state index contributed by atoms with van der Waals surface area (Å²) in [6, 6.07) is 14.7. The van der Waals surface area contributed by atoms with Crippen molar-refractivity contribution in [1.82, 2.24) is 0 Å². The summed E-state index contributed by atoms with van der Waals surface area (Å²) >= 11 is 0. The summed E-state index contributed by atoms with van der Waals surface area (Å²) in [6.45, 7) is 5.83. The van der Waals surface area contributed by atoms with Crippen molar-refractivity contribution in [3.8, 4) is 6.07 Å². The van der Waals surface area contributed by atoms with Crippen LogP contribution in [0.1, 0.15) is 23.6 Å². The highest BCUT2D eigenvalue weighted by Crippen LogP contribution is 2.17. The molecule has 0 unspecified atom stereocenters. The minimum Gasteiger partial charge on any atom is -0.374 e. The van der Waals surface area contributed by atoms with Crippen LogP contribution in [0.3, 0.4) is 0 Å². The molecule has 0 spiro atoms. The molecule has 0 aliphatic rings. The van der Waals surface area contributed by atoms with E-state index in [1.807, 2.05) is 26.0 Å². The van der Waals surface area contributed by atoms with E-state index in [0.717, 1.165) is 16.8 Å². The van der Waals surface area contributed by atoms with Crippen LogP contribution in [0.5, 0.6) is 0 Å². The molecule has 4 nitrogen and oxygen atoms in total. The molecule has 22 heavy (non-hydrogen) atoms. The fourth-order valence-corrected chi connectivity index (χ4v) is 2.30. The van der Waals surface area contributed by atoms with Gasteiger partial charge in [-0.1, -0.05) is 18.2 Å². The van der Waals surface area contributed by atoms with Gasteiger partial charge < -0.3 is 10.6 Å². The maximum atomic E-state index is 12.3. The summed E-state index contributed by atoms with van der Waals surface area (Å²) in [5, 5.41) is 15.0. The molecule has 0 saturated heterocycles. The van der Waals surface area contributed by atoms with Gasteiger partial charge in [0.25, 0.3) is 0 Å². The number of rotatable bonds is 4. The van der Waals surface area contributed by atoms with Gasteiger partial charge in [-0.15, -0.1) is 0 Å². The Hall–Kier alpha value is -2.80. The van der Waals surface area contributed by atoms with Gasteiger partial charge in [-0.3, -0.25) is 4.79 Å². The molecule has 4 heteroatoms. The van der Waals surface area contributed by atoms with Gasteiger partial charge in [0.15, 0.2) is 0 Å². The molecule has 2 N–H and O–H groups in total. The lowest BCUT2D eigenvalue weighted by Crippen LogP contribution is -2.32. The summed E-state index contributed by atoms with van der Waals surface area (Å²) in [6.07, 6.45) is 0. The number of carbonyl (C=O) groups is 1. The maximum absolute atomic E-state index is 12.3. The van der Waals surface area contributed by atoms with Crippen molar-refractivity contribution in [2.24, 2.45) is 0 Å². The highest BCUT2D eigenvalue weighted by atomic mass is 16.2. The number of hydrogen-bond acceptors (Lipinski definition) is 3. The van der Waals surface area contributed by atoms with Crippen LogP contribution in [-0.2, 0) is 4.79 Å². The number of nitrogens with zero attached hydrogens (tertiary/aromatic N) is 1. The average molecular weight is 293 g/mol. The van der Waals surface area contributed by atoms with Crippen molar-refractivity contribution >= 4 is 17.3 Å². The Morgan fingerprint density at radius 2 is 1.77 bits per heavy atom. The summed E-state index contributed by atoms with van der Waals surface area (Å²) < 4.78 is 0. The summed E-state index contributed by atoms with van der Waals surface area (Å²) in [5.74, 6) is -0.179. The minimum absolute atomic E-state index is 0.179. The fourth-order valence-electron chi connectivity index (χ4n) is 2.30. The largest absolute Gasteiger partial charge is 0.374 e. The molecule has 1 atom stereocenters. The molecule has 0 radical (unpaired) electrons. The van der Waals surface area contributed by atoms with Gasteiger partial charge in [0, 0.05) is 5.69 Å². The Bertz CT molecular complexity index is 711. The van der Waals surface area contributed by atoms with E-state index in [1.54, 1.807) is 31.2 Å². The first-order valence-corrected chi connectivity index (χ1v) is 7.14. The van der Waals surface area contributed by atoms with Gasteiger partial charge >= 0.3 is 0 Å². The molecule has 2 rings (SSSR count). The zero-order chi connectivity index (χ0) is 16.1. The quantitative estimate of drug-likeness (QED) is 0.905. The average Bonchev–Trinajstić information content (AvgIpc) is 2.46. The van der Waals surface area contributed by atoms with Crippen LogP contribution in [0.2, 0.25) is 0 Å². The highest BCUT2D eigenvalue weighted by Gasteiger charge is 2.14. The van der Waals surface area contributed by atoms with E-state index in [-0.39, 0.29) is 5.91 Å². The SMILES string of the molecule is Cc1cc(C)cc(N[C@@H](C)C(=O)Nc2ccccc2C#N)c1. The van der Waals surface area contributed by atoms with Crippen LogP contribution < -0.4 is 10.6 Å². The van der Waals surface area contributed by atoms with Crippen molar-refractivity contribution in [2.75, 3.05) is 10.6 Å². The number of nitriles is 1. The van der Waals surface area contributed by atoms with Crippen molar-refractivity contribution in [3.63, 3.8) is 0 Å². The molecule has 112 valence electrons. The van der Waals surface area contributed by atoms with Crippen molar-refractivity contribution in [1.29, 1.82) is 5.26 Å². The zero-order valence-corrected chi connectivity index (χ0v) is 13.0. The second-order valence-corrected chi connectivity index (χ2v) is 5.39. The number of aryl methyl sites for hydroxylation is 2. The van der Waals surface area contributed by atoms with Gasteiger partial charge in [0.2, 0.25) is 5.91 Å². The van der Waals surface area contributed by atoms with Gasteiger partial charge in [-0.05, 0) is 56.2 Å². The Kier molecular flexibility index (Phi) is 4.80. The third-order valence-corrected chi connectivity index (χ3v) is 3.30. The van der Waals surface area contributed by atoms with Crippen LogP contribution in [0.4, 0.5) is 11.4 Å². The first-order chi connectivity index (χ1) is 10.5. The van der Waals surface area contributed by atoms with Gasteiger partial charge in [0.05, 0.1) is 11.3 Å². The summed E-state index contributed by atoms with van der Waals surface area (Å²) in [4.78, 5) is 12.3. The van der Waals surface area contributed by atoms with E-state index in [1.165, 1.54) is 0 Å². The first-order valence-electron chi connectivity index (χ1n) is 7.14. The van der Waals surface area contributed by atoms with E-state index in [2.05, 4.69) is 22.8 Å². The smallest absolute Gasteiger partial charge is 0.246 e. The number of anilines is 2. The second-order valence-electron chi connectivity index (χ2n) is 5.39. The second kappa shape index (κ2) is 6.77. The molecule has 0 heterocycles. The third-order valence-electron chi connectivity index (χ3n) is 3.30. The standard InChI is InChI=1S/C18H19N3O/c1-12-8-13(2)10-16(9-12)20-14(3)18(22)21-17-7-5-4-6-15(17)11-19/h4-10,14,20H,1-3H3,(H,21,22)/t14-/m0/s1. The van der Waals surface area contributed by atoms with Crippen LogP contribution in [0, 0.1) is 25.2 Å². The Labute approximate surface area is 130 Å². The molecule has 1 amide bonds. The lowest BCUT2D eigenvalue weighted by molar-refractivity contribution is -0.116. The Morgan fingerprint density at radius 3 is 2.41 bits per heavy atom. The topological polar surface area (TPSA) is 64.9 Å². The number of carbonyl (C=O) groups excluding carboxylic acids is 1. The van der Waals surface area contributed by atoms with Crippen molar-refractivity contribution in [3.05, 3.63) is 59.2 Å². The van der Waals surface area contributed by atoms with Gasteiger partial charge in [-0.2, -0.15) is 5.26 Å². The van der Waals surface area contributed by atoms with Crippen LogP contribution in [-0.4, -0.2) is 11.9 Å². The molecular formula is C18H19N3O. The molecule has 0 aromatic heterocycles. The van der Waals surface area contributed by atoms with E-state index < -0.39 is 6.04 Å². The first kappa shape index (κ1) is 15.6. The molecule has 0 fully saturated rings. The fraction of sp³-hybridized carbons (Fsp3) is 0.222. The number of hydrogen-bond donors (Lipinski definition) is 2. The van der Waals surface area contributed by atoms with E-state index in [9.17, 15) is 4.79 Å². The van der Waals surface area contributed by atoms with Gasteiger partial charge in [-0.25, -0.2) is 0 Å². The van der Waals surface area contributed by atoms with E-state index in [0.29, 0.717) is 11.3 Å². The predicted molar refractivity (Wildman–Crippen MR) is 88.8 cm³/mol. The predicted octanol–water partition coefficient (Wildman–Crippen LogP) is 3.61. The van der Waals surface area contributed by atoms with Crippen LogP contribution >= 0.6 is 0 Å². The van der Waals surface area contributed by atoms with Crippen molar-refractivity contribution in [2.45, 2.75) is 26.8 Å². The third kappa shape index (κ3) is 3.86. The molecular weight excluding hydrogens is 274 g/mol. The molecule has 0 aliphatic heterocycles. The molecule has 0 saturated carbocycles. The Balaban J connectivity index is 2.08. The maximum Gasteiger partial charge on any atom is 0.246 e. The summed E-state index contributed by atoms with van der Waals surface area (Å²) in [5.41, 5.74) is 4.18. The Morgan fingerprint density at radius 1 is 1.14 bits per heavy atom. The molecule has 2 aromatic carbocycles. The van der Waals surface area contributed by atoms with E-state index >= 15 is 0 Å². The van der Waals surface area contributed by atoms with Crippen LogP contribution in [0.25, 0.3) is 0 Å². The van der Waals surface area contributed by atoms with E-state index in [4.69, 9.17) is 5.26 Å². The number of nitrogens with one attached hydrogen (secondary N) is 2. The van der Waals surface area contributed by atoms with Crippen LogP contribution in [0.15, 0.2) is 42.5 Å².